The van der Waals surface area contributed by atoms with Crippen molar-refractivity contribution in [2.24, 2.45) is 0 Å². The molecule has 78 valence electrons. The Balaban J connectivity index is 2.67. The van der Waals surface area contributed by atoms with E-state index in [4.69, 9.17) is 0 Å². The normalized spacial score (nSPS) is 21.9. The van der Waals surface area contributed by atoms with E-state index in [1.54, 1.807) is 12.8 Å². The molecular formula is C12H26Ge. The summed E-state index contributed by atoms with van der Waals surface area (Å²) in [7, 11) is 0. The quantitative estimate of drug-likeness (QED) is 0.578. The van der Waals surface area contributed by atoms with Gasteiger partial charge in [-0.05, 0) is 0 Å². The first kappa shape index (κ1) is 11.6. The Morgan fingerprint density at radius 2 is 1.38 bits per heavy atom. The Kier molecular flexibility index (Phi) is 3.54. The summed E-state index contributed by atoms with van der Waals surface area (Å²) in [4.78, 5) is 0. The van der Waals surface area contributed by atoms with Gasteiger partial charge in [-0.15, -0.1) is 0 Å². The second-order valence-electron chi connectivity index (χ2n) is 6.31. The third kappa shape index (κ3) is 2.52. The fraction of sp³-hybridized carbons (Fsp3) is 1.00. The van der Waals surface area contributed by atoms with Crippen LogP contribution in [0.4, 0.5) is 0 Å². The third-order valence-electron chi connectivity index (χ3n) is 4.56. The maximum absolute atomic E-state index is 2.65. The number of hydrogen-bond donors (Lipinski definition) is 0. The van der Waals surface area contributed by atoms with E-state index in [0.29, 0.717) is 4.25 Å². The van der Waals surface area contributed by atoms with Crippen molar-refractivity contribution < 1.29 is 0 Å². The zero-order valence-corrected chi connectivity index (χ0v) is 12.2. The summed E-state index contributed by atoms with van der Waals surface area (Å²) in [5, 5.41) is 0. The van der Waals surface area contributed by atoms with Crippen LogP contribution in [0.1, 0.15) is 52.9 Å². The van der Waals surface area contributed by atoms with Gasteiger partial charge in [-0.3, -0.25) is 0 Å². The Morgan fingerprint density at radius 3 is 1.77 bits per heavy atom. The van der Waals surface area contributed by atoms with Gasteiger partial charge in [0.25, 0.3) is 0 Å². The molecule has 0 spiro atoms. The van der Waals surface area contributed by atoms with Gasteiger partial charge < -0.3 is 0 Å². The van der Waals surface area contributed by atoms with Crippen molar-refractivity contribution in [1.82, 2.24) is 0 Å². The molecule has 0 nitrogen and oxygen atoms in total. The molecule has 0 N–H and O–H groups in total. The molecule has 0 atom stereocenters. The van der Waals surface area contributed by atoms with Crippen molar-refractivity contribution in [1.29, 1.82) is 0 Å². The van der Waals surface area contributed by atoms with E-state index in [9.17, 15) is 0 Å². The van der Waals surface area contributed by atoms with Crippen LogP contribution in [0, 0.1) is 0 Å². The molecule has 13 heavy (non-hydrogen) atoms. The molecule has 1 heteroatoms. The van der Waals surface area contributed by atoms with Gasteiger partial charge in [-0.2, -0.15) is 0 Å². The Morgan fingerprint density at radius 1 is 0.923 bits per heavy atom. The van der Waals surface area contributed by atoms with Crippen LogP contribution in [-0.2, 0) is 0 Å². The molecule has 1 aliphatic carbocycles. The molecule has 1 fully saturated rings. The van der Waals surface area contributed by atoms with Crippen LogP contribution in [0.3, 0.4) is 0 Å². The van der Waals surface area contributed by atoms with Crippen LogP contribution in [0.15, 0.2) is 0 Å². The maximum atomic E-state index is 2.65. The van der Waals surface area contributed by atoms with E-state index in [-0.39, 0.29) is 0 Å². The van der Waals surface area contributed by atoms with Crippen molar-refractivity contribution >= 4 is 13.3 Å². The third-order valence-corrected chi connectivity index (χ3v) is 18.2. The molecule has 0 aromatic rings. The summed E-state index contributed by atoms with van der Waals surface area (Å²) in [6, 6.07) is 0. The van der Waals surface area contributed by atoms with Crippen molar-refractivity contribution in [3.63, 3.8) is 0 Å². The van der Waals surface area contributed by atoms with Crippen molar-refractivity contribution in [2.45, 2.75) is 73.4 Å². The van der Waals surface area contributed by atoms with Gasteiger partial charge in [0.05, 0.1) is 0 Å². The summed E-state index contributed by atoms with van der Waals surface area (Å²) < 4.78 is 1.79. The summed E-state index contributed by atoms with van der Waals surface area (Å²) in [5.41, 5.74) is 0. The van der Waals surface area contributed by atoms with E-state index in [2.05, 4.69) is 32.3 Å². The molecule has 0 heterocycles. The first-order valence-electron chi connectivity index (χ1n) is 5.86. The summed E-state index contributed by atoms with van der Waals surface area (Å²) in [6.07, 6.45) is 7.61. The van der Waals surface area contributed by atoms with Crippen LogP contribution < -0.4 is 0 Å². The predicted octanol–water partition coefficient (Wildman–Crippen LogP) is 4.83. The molecule has 0 aromatic carbocycles. The Labute approximate surface area is 86.9 Å². The average molecular weight is 243 g/mol. The first-order valence-corrected chi connectivity index (χ1v) is 12.3. The standard InChI is InChI=1S/C12H26Ge/c1-12(2,3)13(4,5)11-9-7-6-8-10-11/h11H,6-10H2,1-5H3. The fourth-order valence-electron chi connectivity index (χ4n) is 2.44. The zero-order chi connectivity index (χ0) is 10.1. The Hall–Kier alpha value is 0.543. The number of hydrogen-bond acceptors (Lipinski definition) is 0. The van der Waals surface area contributed by atoms with E-state index in [1.165, 1.54) is 19.3 Å². The molecule has 1 rings (SSSR count). The van der Waals surface area contributed by atoms with Crippen LogP contribution >= 0.6 is 0 Å². The topological polar surface area (TPSA) is 0 Å². The van der Waals surface area contributed by atoms with Crippen LogP contribution in [0.5, 0.6) is 0 Å². The molecule has 1 aliphatic rings. The molecular weight excluding hydrogens is 217 g/mol. The predicted molar refractivity (Wildman–Crippen MR) is 64.0 cm³/mol. The monoisotopic (exact) mass is 244 g/mol. The van der Waals surface area contributed by atoms with E-state index < -0.39 is 13.3 Å². The van der Waals surface area contributed by atoms with Gasteiger partial charge in [0.1, 0.15) is 0 Å². The van der Waals surface area contributed by atoms with Crippen LogP contribution in [0.2, 0.25) is 20.5 Å². The van der Waals surface area contributed by atoms with Crippen molar-refractivity contribution in [3.05, 3.63) is 0 Å². The van der Waals surface area contributed by atoms with Crippen LogP contribution in [0.25, 0.3) is 0 Å². The molecule has 1 saturated carbocycles. The van der Waals surface area contributed by atoms with Gasteiger partial charge in [0.15, 0.2) is 0 Å². The summed E-state index contributed by atoms with van der Waals surface area (Å²) >= 11 is -1.53. The van der Waals surface area contributed by atoms with Gasteiger partial charge in [-0.1, -0.05) is 0 Å². The molecule has 0 saturated heterocycles. The van der Waals surface area contributed by atoms with Gasteiger partial charge >= 0.3 is 86.7 Å². The van der Waals surface area contributed by atoms with Gasteiger partial charge in [0, 0.05) is 0 Å². The SMILES string of the molecule is C[C](C)(C)[Ge]([CH3])([CH3])[CH]1CCCCC1. The van der Waals surface area contributed by atoms with Crippen molar-refractivity contribution in [3.8, 4) is 0 Å². The second-order valence-corrected chi connectivity index (χ2v) is 18.4. The van der Waals surface area contributed by atoms with E-state index in [0.717, 1.165) is 4.75 Å². The number of rotatable bonds is 1. The summed E-state index contributed by atoms with van der Waals surface area (Å²) in [6.45, 7) is 7.42. The zero-order valence-electron chi connectivity index (χ0n) is 10.1. The molecule has 0 aliphatic heterocycles. The Bertz CT molecular complexity index is 158. The van der Waals surface area contributed by atoms with Gasteiger partial charge in [-0.25, -0.2) is 0 Å². The minimum atomic E-state index is -1.53. The molecule has 0 aromatic heterocycles. The molecule has 0 bridgehead atoms. The van der Waals surface area contributed by atoms with Crippen LogP contribution in [-0.4, -0.2) is 13.3 Å². The first-order chi connectivity index (χ1) is 5.86. The van der Waals surface area contributed by atoms with Crippen molar-refractivity contribution in [2.75, 3.05) is 0 Å². The van der Waals surface area contributed by atoms with E-state index in [1.807, 2.05) is 0 Å². The fourth-order valence-corrected chi connectivity index (χ4v) is 8.89. The van der Waals surface area contributed by atoms with E-state index >= 15 is 0 Å². The second kappa shape index (κ2) is 3.96. The molecule has 0 amide bonds. The summed E-state index contributed by atoms with van der Waals surface area (Å²) in [5.74, 6) is 5.30. The molecule has 0 radical (unpaired) electrons. The average Bonchev–Trinajstić information content (AvgIpc) is 2.04. The molecule has 0 unspecified atom stereocenters. The van der Waals surface area contributed by atoms with Gasteiger partial charge in [0.2, 0.25) is 0 Å². The minimum absolute atomic E-state index is 0.641.